The molecule has 0 aliphatic heterocycles. The molecule has 2 nitrogen and oxygen atoms in total. The van der Waals surface area contributed by atoms with E-state index in [0.29, 0.717) is 6.04 Å². The summed E-state index contributed by atoms with van der Waals surface area (Å²) in [4.78, 5) is 7.70. The molecular formula is C14H18N2S2. The van der Waals surface area contributed by atoms with Crippen molar-refractivity contribution in [3.63, 3.8) is 0 Å². The van der Waals surface area contributed by atoms with E-state index in [1.165, 1.54) is 46.1 Å². The molecule has 96 valence electrons. The molecule has 1 N–H and O–H groups in total. The van der Waals surface area contributed by atoms with Gasteiger partial charge in [-0.1, -0.05) is 13.0 Å². The highest BCUT2D eigenvalue weighted by Gasteiger charge is 2.24. The highest BCUT2D eigenvalue weighted by atomic mass is 32.1. The summed E-state index contributed by atoms with van der Waals surface area (Å²) in [6, 6.07) is 4.76. The normalized spacial score (nSPS) is 18.8. The number of nitrogens with one attached hydrogen (secondary N) is 1. The first-order valence-corrected chi connectivity index (χ1v) is 8.35. The maximum atomic E-state index is 4.89. The second kappa shape index (κ2) is 5.51. The molecule has 1 unspecified atom stereocenters. The van der Waals surface area contributed by atoms with Crippen LogP contribution in [-0.2, 0) is 6.42 Å². The number of nitrogens with zero attached hydrogens (tertiary/aromatic N) is 1. The SMILES string of the molecule is CCCNC1CCCc2sc(-c3cccs3)nc21. The molecule has 1 atom stereocenters. The minimum absolute atomic E-state index is 0.485. The standard InChI is InChI=1S/C14H18N2S2/c1-2-8-15-10-5-3-6-11-13(10)16-14(18-11)12-7-4-9-17-12/h4,7,9-10,15H,2-3,5-6,8H2,1H3. The van der Waals surface area contributed by atoms with Gasteiger partial charge in [-0.15, -0.1) is 22.7 Å². The van der Waals surface area contributed by atoms with Crippen molar-refractivity contribution in [2.75, 3.05) is 6.54 Å². The molecule has 0 aromatic carbocycles. The Morgan fingerprint density at radius 1 is 1.50 bits per heavy atom. The Morgan fingerprint density at radius 3 is 3.22 bits per heavy atom. The Kier molecular flexibility index (Phi) is 3.77. The van der Waals surface area contributed by atoms with Gasteiger partial charge in [-0.25, -0.2) is 4.98 Å². The van der Waals surface area contributed by atoms with Crippen LogP contribution in [-0.4, -0.2) is 11.5 Å². The van der Waals surface area contributed by atoms with Crippen molar-refractivity contribution in [1.82, 2.24) is 10.3 Å². The van der Waals surface area contributed by atoms with Crippen LogP contribution in [0.25, 0.3) is 9.88 Å². The molecule has 18 heavy (non-hydrogen) atoms. The first-order valence-electron chi connectivity index (χ1n) is 6.65. The Labute approximate surface area is 116 Å². The zero-order valence-electron chi connectivity index (χ0n) is 10.6. The van der Waals surface area contributed by atoms with E-state index in [1.54, 1.807) is 11.3 Å². The van der Waals surface area contributed by atoms with Crippen LogP contribution in [0.3, 0.4) is 0 Å². The average Bonchev–Trinajstić information content (AvgIpc) is 3.03. The molecule has 0 spiro atoms. The molecule has 1 aliphatic rings. The number of thiophene rings is 1. The second-order valence-corrected chi connectivity index (χ2v) is 6.73. The van der Waals surface area contributed by atoms with Gasteiger partial charge >= 0.3 is 0 Å². The van der Waals surface area contributed by atoms with Gasteiger partial charge in [0, 0.05) is 4.88 Å². The summed E-state index contributed by atoms with van der Waals surface area (Å²) >= 11 is 3.68. The third-order valence-electron chi connectivity index (χ3n) is 3.33. The van der Waals surface area contributed by atoms with E-state index in [9.17, 15) is 0 Å². The Hall–Kier alpha value is -0.710. The largest absolute Gasteiger partial charge is 0.309 e. The van der Waals surface area contributed by atoms with Crippen molar-refractivity contribution < 1.29 is 0 Å². The molecule has 2 aromatic heterocycles. The summed E-state index contributed by atoms with van der Waals surface area (Å²) in [5.74, 6) is 0. The Bertz CT molecular complexity index is 502. The Balaban J connectivity index is 1.88. The van der Waals surface area contributed by atoms with Crippen LogP contribution in [0.15, 0.2) is 17.5 Å². The fraction of sp³-hybridized carbons (Fsp3) is 0.500. The van der Waals surface area contributed by atoms with Crippen molar-refractivity contribution in [2.24, 2.45) is 0 Å². The Morgan fingerprint density at radius 2 is 2.44 bits per heavy atom. The summed E-state index contributed by atoms with van der Waals surface area (Å²) in [7, 11) is 0. The van der Waals surface area contributed by atoms with E-state index in [1.807, 2.05) is 11.3 Å². The number of rotatable bonds is 4. The van der Waals surface area contributed by atoms with Crippen LogP contribution in [0.4, 0.5) is 0 Å². The summed E-state index contributed by atoms with van der Waals surface area (Å²) in [5.41, 5.74) is 1.32. The molecule has 0 radical (unpaired) electrons. The minimum Gasteiger partial charge on any atom is -0.309 e. The third kappa shape index (κ3) is 2.37. The maximum absolute atomic E-state index is 4.89. The van der Waals surface area contributed by atoms with Crippen molar-refractivity contribution in [3.05, 3.63) is 28.1 Å². The summed E-state index contributed by atoms with van der Waals surface area (Å²) in [5, 5.41) is 6.97. The molecule has 3 rings (SSSR count). The number of hydrogen-bond donors (Lipinski definition) is 1. The zero-order valence-corrected chi connectivity index (χ0v) is 12.2. The van der Waals surface area contributed by atoms with Gasteiger partial charge in [0.05, 0.1) is 16.6 Å². The smallest absolute Gasteiger partial charge is 0.133 e. The molecule has 2 aromatic rings. The van der Waals surface area contributed by atoms with Crippen LogP contribution in [0, 0.1) is 0 Å². The van der Waals surface area contributed by atoms with Crippen LogP contribution in [0.5, 0.6) is 0 Å². The maximum Gasteiger partial charge on any atom is 0.133 e. The second-order valence-electron chi connectivity index (χ2n) is 4.70. The van der Waals surface area contributed by atoms with Gasteiger partial charge in [0.25, 0.3) is 0 Å². The van der Waals surface area contributed by atoms with E-state index >= 15 is 0 Å². The fourth-order valence-electron chi connectivity index (χ4n) is 2.44. The highest BCUT2D eigenvalue weighted by molar-refractivity contribution is 7.21. The first-order chi connectivity index (χ1) is 8.88. The van der Waals surface area contributed by atoms with Gasteiger partial charge in [0.15, 0.2) is 0 Å². The molecule has 2 heterocycles. The lowest BCUT2D eigenvalue weighted by atomic mass is 9.97. The van der Waals surface area contributed by atoms with Crippen LogP contribution < -0.4 is 5.32 Å². The molecule has 4 heteroatoms. The average molecular weight is 278 g/mol. The highest BCUT2D eigenvalue weighted by Crippen LogP contribution is 2.38. The monoisotopic (exact) mass is 278 g/mol. The van der Waals surface area contributed by atoms with Gasteiger partial charge in [-0.3, -0.25) is 0 Å². The van der Waals surface area contributed by atoms with Crippen molar-refractivity contribution >= 4 is 22.7 Å². The van der Waals surface area contributed by atoms with Gasteiger partial charge in [-0.2, -0.15) is 0 Å². The number of aromatic nitrogens is 1. The van der Waals surface area contributed by atoms with Crippen LogP contribution >= 0.6 is 22.7 Å². The van der Waals surface area contributed by atoms with E-state index < -0.39 is 0 Å². The van der Waals surface area contributed by atoms with E-state index in [4.69, 9.17) is 4.98 Å². The molecule has 0 bridgehead atoms. The van der Waals surface area contributed by atoms with Crippen molar-refractivity contribution in [3.8, 4) is 9.88 Å². The van der Waals surface area contributed by atoms with Gasteiger partial charge < -0.3 is 5.32 Å². The molecule has 0 saturated carbocycles. The van der Waals surface area contributed by atoms with Gasteiger partial charge in [0.1, 0.15) is 5.01 Å². The fourth-order valence-corrected chi connectivity index (χ4v) is 4.40. The van der Waals surface area contributed by atoms with Crippen LogP contribution in [0.2, 0.25) is 0 Å². The van der Waals surface area contributed by atoms with E-state index in [2.05, 4.69) is 29.8 Å². The van der Waals surface area contributed by atoms with Crippen molar-refractivity contribution in [2.45, 2.75) is 38.6 Å². The predicted octanol–water partition coefficient (Wildman–Crippen LogP) is 4.25. The molecule has 0 saturated heterocycles. The lowest BCUT2D eigenvalue weighted by Gasteiger charge is -2.22. The summed E-state index contributed by atoms with van der Waals surface area (Å²) < 4.78 is 0. The lowest BCUT2D eigenvalue weighted by molar-refractivity contribution is 0.454. The van der Waals surface area contributed by atoms with Crippen molar-refractivity contribution in [1.29, 1.82) is 0 Å². The summed E-state index contributed by atoms with van der Waals surface area (Å²) in [6.45, 7) is 3.31. The quantitative estimate of drug-likeness (QED) is 0.904. The lowest BCUT2D eigenvalue weighted by Crippen LogP contribution is -2.25. The van der Waals surface area contributed by atoms with Gasteiger partial charge in [0.2, 0.25) is 0 Å². The molecule has 0 fully saturated rings. The number of fused-ring (bicyclic) bond motifs is 1. The zero-order chi connectivity index (χ0) is 12.4. The van der Waals surface area contributed by atoms with Crippen LogP contribution in [0.1, 0.15) is 42.8 Å². The third-order valence-corrected chi connectivity index (χ3v) is 5.50. The minimum atomic E-state index is 0.485. The number of aryl methyl sites for hydroxylation is 1. The van der Waals surface area contributed by atoms with Gasteiger partial charge in [-0.05, 0) is 43.7 Å². The number of hydrogen-bond acceptors (Lipinski definition) is 4. The predicted molar refractivity (Wildman–Crippen MR) is 79.4 cm³/mol. The molecular weight excluding hydrogens is 260 g/mol. The van der Waals surface area contributed by atoms with E-state index in [-0.39, 0.29) is 0 Å². The van der Waals surface area contributed by atoms with E-state index in [0.717, 1.165) is 6.54 Å². The first kappa shape index (κ1) is 12.3. The number of thiazole rings is 1. The topological polar surface area (TPSA) is 24.9 Å². The molecule has 1 aliphatic carbocycles. The molecule has 0 amide bonds. The summed E-state index contributed by atoms with van der Waals surface area (Å²) in [6.07, 6.45) is 4.93.